The van der Waals surface area contributed by atoms with Gasteiger partial charge in [0.05, 0.1) is 13.4 Å². The lowest BCUT2D eigenvalue weighted by atomic mass is 10.7. The third kappa shape index (κ3) is 26.6. The molecule has 11 heavy (non-hydrogen) atoms. The first kappa shape index (κ1) is 13.0. The van der Waals surface area contributed by atoms with Gasteiger partial charge in [-0.2, -0.15) is 8.42 Å². The molecule has 68 valence electrons. The van der Waals surface area contributed by atoms with E-state index in [1.165, 1.54) is 6.92 Å². The maximum absolute atomic E-state index is 9.78. The summed E-state index contributed by atoms with van der Waals surface area (Å²) < 4.78 is 23.5. The Balaban J connectivity index is 0. The molecule has 0 aromatic rings. The van der Waals surface area contributed by atoms with E-state index < -0.39 is 10.1 Å². The van der Waals surface area contributed by atoms with Crippen LogP contribution in [0.2, 0.25) is 0 Å². The zero-order chi connectivity index (χ0) is 9.49. The number of nitrogens with one attached hydrogen (secondary N) is 1. The minimum Gasteiger partial charge on any atom is -0.359 e. The normalized spacial score (nSPS) is 9.45. The van der Waals surface area contributed by atoms with Crippen molar-refractivity contribution in [1.82, 2.24) is 5.32 Å². The summed E-state index contributed by atoms with van der Waals surface area (Å²) >= 11 is 0. The van der Waals surface area contributed by atoms with Crippen LogP contribution in [-0.4, -0.2) is 34.7 Å². The highest BCUT2D eigenvalue weighted by atomic mass is 32.2. The van der Waals surface area contributed by atoms with Gasteiger partial charge >= 0.3 is 0 Å². The van der Waals surface area contributed by atoms with Gasteiger partial charge in [0.2, 0.25) is 5.91 Å². The molecule has 0 radical (unpaired) electrons. The molecule has 0 aliphatic carbocycles. The number of amides is 1. The Kier molecular flexibility index (Phi) is 7.23. The lowest BCUT2D eigenvalue weighted by Crippen LogP contribution is -2.11. The van der Waals surface area contributed by atoms with Gasteiger partial charge in [-0.05, 0) is 0 Å². The summed E-state index contributed by atoms with van der Waals surface area (Å²) in [5.74, 6) is 0.00463. The SMILES string of the molecule is CNC(C)=O.COS(C)(=O)=O. The van der Waals surface area contributed by atoms with Crippen LogP contribution < -0.4 is 5.32 Å². The fourth-order valence-corrected chi connectivity index (χ4v) is 0. The molecule has 0 fully saturated rings. The molecule has 0 bridgehead atoms. The lowest BCUT2D eigenvalue weighted by Gasteiger charge is -1.84. The van der Waals surface area contributed by atoms with Gasteiger partial charge in [0, 0.05) is 14.0 Å². The third-order valence-electron chi connectivity index (χ3n) is 0.655. The summed E-state index contributed by atoms with van der Waals surface area (Å²) in [6.07, 6.45) is 0.993. The number of rotatable bonds is 1. The Bertz CT molecular complexity index is 197. The first-order valence-electron chi connectivity index (χ1n) is 2.77. The monoisotopic (exact) mass is 183 g/mol. The molecule has 0 aliphatic heterocycles. The summed E-state index contributed by atoms with van der Waals surface area (Å²) in [7, 11) is -0.442. The Morgan fingerprint density at radius 1 is 1.45 bits per heavy atom. The molecule has 0 saturated carbocycles. The molecule has 1 amide bonds. The number of hydrogen-bond acceptors (Lipinski definition) is 4. The van der Waals surface area contributed by atoms with Gasteiger partial charge < -0.3 is 5.32 Å². The van der Waals surface area contributed by atoms with E-state index in [0.717, 1.165) is 13.4 Å². The van der Waals surface area contributed by atoms with Crippen LogP contribution in [-0.2, 0) is 19.1 Å². The molecular formula is C5H13NO4S. The standard InChI is InChI=1S/C3H7NO.C2H6O3S/c1-3(5)4-2;1-5-6(2,3)4/h1-2H3,(H,4,5);1-2H3. The molecule has 0 rings (SSSR count). The van der Waals surface area contributed by atoms with E-state index in [1.807, 2.05) is 0 Å². The van der Waals surface area contributed by atoms with Gasteiger partial charge in [-0.15, -0.1) is 0 Å². The van der Waals surface area contributed by atoms with E-state index >= 15 is 0 Å². The van der Waals surface area contributed by atoms with Crippen molar-refractivity contribution >= 4 is 16.0 Å². The Hall–Kier alpha value is -0.620. The molecule has 1 N–H and O–H groups in total. The first-order chi connectivity index (χ1) is 4.83. The lowest BCUT2D eigenvalue weighted by molar-refractivity contribution is -0.118. The van der Waals surface area contributed by atoms with Crippen LogP contribution in [0.1, 0.15) is 6.92 Å². The predicted molar refractivity (Wildman–Crippen MR) is 41.6 cm³/mol. The van der Waals surface area contributed by atoms with Crippen molar-refractivity contribution in [2.75, 3.05) is 20.4 Å². The first-order valence-corrected chi connectivity index (χ1v) is 4.59. The van der Waals surface area contributed by atoms with Crippen LogP contribution in [0.15, 0.2) is 0 Å². The quantitative estimate of drug-likeness (QED) is 0.548. The molecule has 0 unspecified atom stereocenters. The van der Waals surface area contributed by atoms with E-state index in [4.69, 9.17) is 0 Å². The molecular weight excluding hydrogens is 170 g/mol. The van der Waals surface area contributed by atoms with Crippen LogP contribution >= 0.6 is 0 Å². The number of hydrogen-bond donors (Lipinski definition) is 1. The average molecular weight is 183 g/mol. The molecule has 0 heterocycles. The van der Waals surface area contributed by atoms with Crippen molar-refractivity contribution < 1.29 is 17.4 Å². The second-order valence-corrected chi connectivity index (χ2v) is 3.42. The summed E-state index contributed by atoms with van der Waals surface area (Å²) in [4.78, 5) is 9.70. The van der Waals surface area contributed by atoms with Crippen LogP contribution in [0.25, 0.3) is 0 Å². The van der Waals surface area contributed by atoms with Gasteiger partial charge in [-0.3, -0.25) is 8.98 Å². The summed E-state index contributed by atoms with van der Waals surface area (Å²) in [6.45, 7) is 1.47. The Morgan fingerprint density at radius 3 is 1.64 bits per heavy atom. The second kappa shape index (κ2) is 6.11. The van der Waals surface area contributed by atoms with Crippen molar-refractivity contribution in [1.29, 1.82) is 0 Å². The van der Waals surface area contributed by atoms with Crippen molar-refractivity contribution in [3.8, 4) is 0 Å². The van der Waals surface area contributed by atoms with Crippen LogP contribution in [0, 0.1) is 0 Å². The fraction of sp³-hybridized carbons (Fsp3) is 0.800. The number of carbonyl (C=O) groups is 1. The van der Waals surface area contributed by atoms with Gasteiger partial charge in [0.25, 0.3) is 10.1 Å². The van der Waals surface area contributed by atoms with Gasteiger partial charge in [-0.25, -0.2) is 0 Å². The minimum atomic E-state index is -3.16. The van der Waals surface area contributed by atoms with Crippen molar-refractivity contribution in [2.45, 2.75) is 6.92 Å². The van der Waals surface area contributed by atoms with E-state index in [0.29, 0.717) is 0 Å². The highest BCUT2D eigenvalue weighted by molar-refractivity contribution is 7.85. The van der Waals surface area contributed by atoms with E-state index in [1.54, 1.807) is 7.05 Å². The van der Waals surface area contributed by atoms with Gasteiger partial charge in [0.15, 0.2) is 0 Å². The van der Waals surface area contributed by atoms with E-state index in [-0.39, 0.29) is 5.91 Å². The van der Waals surface area contributed by atoms with Crippen molar-refractivity contribution in [3.63, 3.8) is 0 Å². The zero-order valence-corrected chi connectivity index (χ0v) is 7.86. The van der Waals surface area contributed by atoms with Crippen LogP contribution in [0.5, 0.6) is 0 Å². The summed E-state index contributed by atoms with van der Waals surface area (Å²) in [5, 5.41) is 2.39. The molecule has 6 heteroatoms. The summed E-state index contributed by atoms with van der Waals surface area (Å²) in [6, 6.07) is 0. The van der Waals surface area contributed by atoms with Crippen LogP contribution in [0.3, 0.4) is 0 Å². The molecule has 5 nitrogen and oxygen atoms in total. The predicted octanol–water partition coefficient (Wildman–Crippen LogP) is -0.655. The maximum atomic E-state index is 9.78. The topological polar surface area (TPSA) is 72.5 Å². The molecule has 0 atom stereocenters. The Labute approximate surface area is 66.9 Å². The second-order valence-electron chi connectivity index (χ2n) is 1.68. The van der Waals surface area contributed by atoms with Gasteiger partial charge in [0.1, 0.15) is 0 Å². The molecule has 0 aromatic heterocycles. The number of carbonyl (C=O) groups excluding carboxylic acids is 1. The molecule has 0 aromatic carbocycles. The van der Waals surface area contributed by atoms with Gasteiger partial charge in [-0.1, -0.05) is 0 Å². The Morgan fingerprint density at radius 2 is 1.64 bits per heavy atom. The highest BCUT2D eigenvalue weighted by Gasteiger charge is 1.90. The summed E-state index contributed by atoms with van der Waals surface area (Å²) in [5.41, 5.74) is 0. The zero-order valence-electron chi connectivity index (χ0n) is 7.04. The van der Waals surface area contributed by atoms with Crippen molar-refractivity contribution in [3.05, 3.63) is 0 Å². The van der Waals surface area contributed by atoms with E-state index in [9.17, 15) is 13.2 Å². The van der Waals surface area contributed by atoms with E-state index in [2.05, 4.69) is 9.50 Å². The van der Waals surface area contributed by atoms with Crippen LogP contribution in [0.4, 0.5) is 0 Å². The third-order valence-corrected chi connectivity index (χ3v) is 1.26. The molecule has 0 spiro atoms. The molecule has 0 aliphatic rings. The highest BCUT2D eigenvalue weighted by Crippen LogP contribution is 1.75. The molecule has 0 saturated heterocycles. The maximum Gasteiger partial charge on any atom is 0.264 e. The average Bonchev–Trinajstić information content (AvgIpc) is 1.88. The largest absolute Gasteiger partial charge is 0.359 e. The fourth-order valence-electron chi connectivity index (χ4n) is 0. The minimum absolute atomic E-state index is 0.00463. The van der Waals surface area contributed by atoms with Crippen molar-refractivity contribution in [2.24, 2.45) is 0 Å². The smallest absolute Gasteiger partial charge is 0.264 e.